The van der Waals surface area contributed by atoms with Gasteiger partial charge in [-0.15, -0.1) is 22.7 Å². The standard InChI is InChI=1S/C51H33N3S2Si/c1-4-16-34(17-5-1)49-52-50(54-51(53-49)44-27-15-26-43-41-25-11-13-29-46(41)56-48(43)44)35-18-14-23-38(32-35)57(36-19-6-2-7-20-36,37-21-8-3-9-22-37)39-30-31-42-40-24-10-12-28-45(40)55-47(42)33-39/h1-33H. The predicted octanol–water partition coefficient (Wildman–Crippen LogP) is 11.0. The molecule has 0 aliphatic rings. The summed E-state index contributed by atoms with van der Waals surface area (Å²) >= 11 is 3.67. The van der Waals surface area contributed by atoms with Gasteiger partial charge < -0.3 is 0 Å². The molecule has 0 radical (unpaired) electrons. The van der Waals surface area contributed by atoms with Crippen LogP contribution in [0.1, 0.15) is 0 Å². The molecule has 0 aliphatic heterocycles. The maximum Gasteiger partial charge on any atom is 0.179 e. The lowest BCUT2D eigenvalue weighted by atomic mass is 10.1. The van der Waals surface area contributed by atoms with Gasteiger partial charge in [0.2, 0.25) is 0 Å². The van der Waals surface area contributed by atoms with Crippen LogP contribution in [0.4, 0.5) is 0 Å². The number of rotatable bonds is 7. The van der Waals surface area contributed by atoms with Gasteiger partial charge in [-0.1, -0.05) is 176 Å². The molecule has 3 nitrogen and oxygen atoms in total. The Balaban J connectivity index is 1.16. The monoisotopic (exact) mass is 779 g/mol. The molecule has 11 aromatic rings. The molecule has 57 heavy (non-hydrogen) atoms. The molecule has 0 aliphatic carbocycles. The van der Waals surface area contributed by atoms with Crippen LogP contribution in [-0.2, 0) is 0 Å². The van der Waals surface area contributed by atoms with E-state index in [0.29, 0.717) is 17.5 Å². The summed E-state index contributed by atoms with van der Waals surface area (Å²) in [5.74, 6) is 1.98. The van der Waals surface area contributed by atoms with E-state index in [9.17, 15) is 0 Å². The van der Waals surface area contributed by atoms with Crippen molar-refractivity contribution in [3.8, 4) is 34.2 Å². The van der Waals surface area contributed by atoms with E-state index in [4.69, 9.17) is 15.0 Å². The van der Waals surface area contributed by atoms with Crippen LogP contribution in [0, 0.1) is 0 Å². The van der Waals surface area contributed by atoms with Crippen molar-refractivity contribution in [2.45, 2.75) is 0 Å². The van der Waals surface area contributed by atoms with Gasteiger partial charge >= 0.3 is 0 Å². The summed E-state index contributed by atoms with van der Waals surface area (Å²) in [5.41, 5.74) is 2.93. The second kappa shape index (κ2) is 13.9. The Bertz CT molecular complexity index is 3210. The van der Waals surface area contributed by atoms with Crippen LogP contribution in [0.3, 0.4) is 0 Å². The van der Waals surface area contributed by atoms with Crippen molar-refractivity contribution in [1.29, 1.82) is 0 Å². The molecular formula is C51H33N3S2Si. The third-order valence-electron chi connectivity index (χ3n) is 11.1. The number of aromatic nitrogens is 3. The van der Waals surface area contributed by atoms with Crippen molar-refractivity contribution >= 4 is 91.8 Å². The quantitative estimate of drug-likeness (QED) is 0.119. The Morgan fingerprint density at radius 2 is 0.807 bits per heavy atom. The average Bonchev–Trinajstić information content (AvgIpc) is 3.86. The van der Waals surface area contributed by atoms with Gasteiger partial charge in [0, 0.05) is 57.0 Å². The lowest BCUT2D eigenvalue weighted by molar-refractivity contribution is 1.08. The summed E-state index contributed by atoms with van der Waals surface area (Å²) in [4.78, 5) is 15.7. The number of nitrogens with zero attached hydrogens (tertiary/aromatic N) is 3. The number of thiophene rings is 2. The Morgan fingerprint density at radius 1 is 0.316 bits per heavy atom. The lowest BCUT2D eigenvalue weighted by Gasteiger charge is -2.34. The van der Waals surface area contributed by atoms with Gasteiger partial charge in [0.1, 0.15) is 0 Å². The summed E-state index contributed by atoms with van der Waals surface area (Å²) in [5, 5.41) is 10.3. The van der Waals surface area contributed by atoms with E-state index in [-0.39, 0.29) is 0 Å². The fourth-order valence-corrected chi connectivity index (χ4v) is 15.8. The highest BCUT2D eigenvalue weighted by Crippen LogP contribution is 2.39. The molecule has 8 aromatic carbocycles. The predicted molar refractivity (Wildman–Crippen MR) is 246 cm³/mol. The summed E-state index contributed by atoms with van der Waals surface area (Å²) < 4.78 is 5.05. The first kappa shape index (κ1) is 33.7. The highest BCUT2D eigenvalue weighted by molar-refractivity contribution is 7.27. The van der Waals surface area contributed by atoms with Gasteiger partial charge in [-0.2, -0.15) is 0 Å². The van der Waals surface area contributed by atoms with Gasteiger partial charge in [-0.05, 0) is 45.0 Å². The average molecular weight is 780 g/mol. The summed E-state index contributed by atoms with van der Waals surface area (Å²) in [6, 6.07) is 72.6. The summed E-state index contributed by atoms with van der Waals surface area (Å²) in [6.45, 7) is 0. The molecule has 3 aromatic heterocycles. The first-order valence-corrected chi connectivity index (χ1v) is 22.7. The fourth-order valence-electron chi connectivity index (χ4n) is 8.49. The van der Waals surface area contributed by atoms with Crippen molar-refractivity contribution < 1.29 is 0 Å². The molecule has 0 bridgehead atoms. The molecule has 3 heterocycles. The zero-order valence-electron chi connectivity index (χ0n) is 30.7. The first-order chi connectivity index (χ1) is 28.2. The van der Waals surface area contributed by atoms with Crippen LogP contribution >= 0.6 is 22.7 Å². The van der Waals surface area contributed by atoms with Gasteiger partial charge in [-0.3, -0.25) is 0 Å². The van der Waals surface area contributed by atoms with E-state index in [1.54, 1.807) is 11.3 Å². The Hall–Kier alpha value is -6.57. The Morgan fingerprint density at radius 3 is 1.53 bits per heavy atom. The maximum absolute atomic E-state index is 5.33. The summed E-state index contributed by atoms with van der Waals surface area (Å²) in [6.07, 6.45) is 0. The van der Waals surface area contributed by atoms with Crippen LogP contribution in [0.2, 0.25) is 0 Å². The minimum absolute atomic E-state index is 0.655. The van der Waals surface area contributed by atoms with Crippen LogP contribution < -0.4 is 20.7 Å². The molecule has 0 saturated heterocycles. The minimum Gasteiger partial charge on any atom is -0.208 e. The van der Waals surface area contributed by atoms with Crippen molar-refractivity contribution in [1.82, 2.24) is 15.0 Å². The molecule has 0 fully saturated rings. The van der Waals surface area contributed by atoms with Gasteiger partial charge in [0.25, 0.3) is 0 Å². The largest absolute Gasteiger partial charge is 0.208 e. The molecule has 0 N–H and O–H groups in total. The smallest absolute Gasteiger partial charge is 0.179 e. The molecule has 0 spiro atoms. The molecule has 0 saturated carbocycles. The van der Waals surface area contributed by atoms with Crippen molar-refractivity contribution in [2.24, 2.45) is 0 Å². The highest BCUT2D eigenvalue weighted by Gasteiger charge is 2.42. The van der Waals surface area contributed by atoms with Crippen LogP contribution in [0.5, 0.6) is 0 Å². The van der Waals surface area contributed by atoms with Gasteiger partial charge in [-0.25, -0.2) is 15.0 Å². The molecule has 0 atom stereocenters. The Kier molecular flexibility index (Phi) is 8.21. The summed E-state index contributed by atoms with van der Waals surface area (Å²) in [7, 11) is -2.90. The topological polar surface area (TPSA) is 38.7 Å². The lowest BCUT2D eigenvalue weighted by Crippen LogP contribution is -2.74. The van der Waals surface area contributed by atoms with Gasteiger partial charge in [0.05, 0.1) is 0 Å². The van der Waals surface area contributed by atoms with Crippen LogP contribution in [0.15, 0.2) is 200 Å². The third kappa shape index (κ3) is 5.64. The van der Waals surface area contributed by atoms with E-state index in [1.165, 1.54) is 61.1 Å². The van der Waals surface area contributed by atoms with E-state index in [1.807, 2.05) is 29.5 Å². The van der Waals surface area contributed by atoms with Crippen molar-refractivity contribution in [2.75, 3.05) is 0 Å². The van der Waals surface area contributed by atoms with Crippen molar-refractivity contribution in [3.63, 3.8) is 0 Å². The number of benzene rings is 8. The normalized spacial score (nSPS) is 11.9. The maximum atomic E-state index is 5.33. The molecule has 0 unspecified atom stereocenters. The van der Waals surface area contributed by atoms with E-state index in [2.05, 4.69) is 182 Å². The highest BCUT2D eigenvalue weighted by atomic mass is 32.1. The van der Waals surface area contributed by atoms with Crippen LogP contribution in [0.25, 0.3) is 74.5 Å². The van der Waals surface area contributed by atoms with Crippen LogP contribution in [-0.4, -0.2) is 23.0 Å². The zero-order valence-corrected chi connectivity index (χ0v) is 33.3. The second-order valence-corrected chi connectivity index (χ2v) is 20.3. The molecule has 268 valence electrons. The number of fused-ring (bicyclic) bond motifs is 6. The molecular weight excluding hydrogens is 747 g/mol. The fraction of sp³-hybridized carbons (Fsp3) is 0. The molecule has 11 rings (SSSR count). The van der Waals surface area contributed by atoms with E-state index < -0.39 is 8.07 Å². The van der Waals surface area contributed by atoms with Gasteiger partial charge in [0.15, 0.2) is 25.5 Å². The zero-order chi connectivity index (χ0) is 37.8. The first-order valence-electron chi connectivity index (χ1n) is 19.1. The number of hydrogen-bond donors (Lipinski definition) is 0. The second-order valence-electron chi connectivity index (χ2n) is 14.3. The van der Waals surface area contributed by atoms with E-state index >= 15 is 0 Å². The van der Waals surface area contributed by atoms with E-state index in [0.717, 1.165) is 16.7 Å². The van der Waals surface area contributed by atoms with Crippen molar-refractivity contribution in [3.05, 3.63) is 200 Å². The molecule has 0 amide bonds. The number of hydrogen-bond acceptors (Lipinski definition) is 5. The molecule has 6 heteroatoms. The third-order valence-corrected chi connectivity index (χ3v) is 18.2. The minimum atomic E-state index is -2.90. The Labute approximate surface area is 339 Å². The SMILES string of the molecule is c1ccc(-c2nc(-c3cccc([Si](c4ccccc4)(c4ccccc4)c4ccc5c(c4)sc4ccccc45)c3)nc(-c3cccc4c3sc3ccccc34)n2)cc1.